The minimum Gasteiger partial charge on any atom is -0.497 e. The highest BCUT2D eigenvalue weighted by Crippen LogP contribution is 2.27. The highest BCUT2D eigenvalue weighted by atomic mass is 19.4. The van der Waals surface area contributed by atoms with Crippen LogP contribution in [0.4, 0.5) is 13.2 Å². The summed E-state index contributed by atoms with van der Waals surface area (Å²) in [6, 6.07) is 7.97. The number of nitrogens with zero attached hydrogens (tertiary/aromatic N) is 3. The molecule has 1 unspecified atom stereocenters. The normalized spacial score (nSPS) is 16.1. The number of aliphatic imine (C=N–C) groups is 1. The van der Waals surface area contributed by atoms with Crippen molar-refractivity contribution in [2.45, 2.75) is 32.0 Å². The number of likely N-dealkylation sites (N-methyl/N-ethyl adjacent to an activating group) is 1. The van der Waals surface area contributed by atoms with Crippen LogP contribution >= 0.6 is 0 Å². The Morgan fingerprint density at radius 1 is 1.29 bits per heavy atom. The predicted octanol–water partition coefficient (Wildman–Crippen LogP) is 2.41. The van der Waals surface area contributed by atoms with E-state index in [1.807, 2.05) is 31.2 Å². The third-order valence-corrected chi connectivity index (χ3v) is 5.08. The largest absolute Gasteiger partial charge is 0.497 e. The lowest BCUT2D eigenvalue weighted by Gasteiger charge is -2.29. The Balaban J connectivity index is 2.06. The monoisotopic (exact) mass is 443 g/mol. The van der Waals surface area contributed by atoms with Gasteiger partial charge >= 0.3 is 6.18 Å². The molecule has 1 aromatic rings. The van der Waals surface area contributed by atoms with Crippen molar-refractivity contribution >= 4 is 11.9 Å². The average Bonchev–Trinajstić information content (AvgIpc) is 3.25. The summed E-state index contributed by atoms with van der Waals surface area (Å²) in [5.41, 5.74) is 1.10. The Kier molecular flexibility index (Phi) is 9.42. The van der Waals surface area contributed by atoms with Gasteiger partial charge in [-0.25, -0.2) is 4.99 Å². The van der Waals surface area contributed by atoms with Crippen molar-refractivity contribution in [2.24, 2.45) is 4.99 Å². The van der Waals surface area contributed by atoms with Gasteiger partial charge in [0.25, 0.3) is 0 Å². The maximum atomic E-state index is 12.5. The number of halogens is 3. The van der Waals surface area contributed by atoms with E-state index in [-0.39, 0.29) is 12.6 Å². The van der Waals surface area contributed by atoms with Crippen LogP contribution in [0.2, 0.25) is 0 Å². The van der Waals surface area contributed by atoms with Gasteiger partial charge in [0.1, 0.15) is 18.8 Å². The molecule has 0 aliphatic carbocycles. The number of hydrogen-bond donors (Lipinski definition) is 2. The lowest BCUT2D eigenvalue weighted by molar-refractivity contribution is -0.157. The van der Waals surface area contributed by atoms with Gasteiger partial charge in [0.05, 0.1) is 13.2 Å². The molecule has 1 atom stereocenters. The fourth-order valence-electron chi connectivity index (χ4n) is 3.52. The number of carbonyl (C=O) groups excluding carboxylic acids is 1. The Morgan fingerprint density at radius 3 is 2.61 bits per heavy atom. The van der Waals surface area contributed by atoms with E-state index < -0.39 is 18.6 Å². The summed E-state index contributed by atoms with van der Waals surface area (Å²) < 4.78 is 42.8. The standard InChI is InChI=1S/C21H32F3N5O2/c1-4-25-20(27-14-19(30)28(2)15-21(22,23)24)26-13-18(29-10-5-6-11-29)16-8-7-9-17(12-16)31-3/h7-9,12,18H,4-6,10-11,13-15H2,1-3H3,(H2,25,26,27). The van der Waals surface area contributed by atoms with E-state index in [4.69, 9.17) is 4.74 Å². The van der Waals surface area contributed by atoms with Gasteiger partial charge in [-0.15, -0.1) is 0 Å². The van der Waals surface area contributed by atoms with Crippen LogP contribution in [0.25, 0.3) is 0 Å². The lowest BCUT2D eigenvalue weighted by atomic mass is 10.1. The Bertz CT molecular complexity index is 736. The third kappa shape index (κ3) is 8.28. The van der Waals surface area contributed by atoms with Crippen LogP contribution in [0.3, 0.4) is 0 Å². The molecule has 1 aromatic carbocycles. The van der Waals surface area contributed by atoms with Gasteiger partial charge in [-0.3, -0.25) is 9.69 Å². The molecular formula is C21H32F3N5O2. The minimum atomic E-state index is -4.43. The number of ether oxygens (including phenoxy) is 1. The second kappa shape index (κ2) is 11.8. The Hall–Kier alpha value is -2.49. The van der Waals surface area contributed by atoms with E-state index >= 15 is 0 Å². The molecule has 0 bridgehead atoms. The zero-order chi connectivity index (χ0) is 22.9. The molecule has 0 saturated carbocycles. The SMILES string of the molecule is CCNC(=NCC(=O)N(C)CC(F)(F)F)NCC(c1cccc(OC)c1)N1CCCC1. The van der Waals surface area contributed by atoms with Crippen LogP contribution in [0.15, 0.2) is 29.3 Å². The number of methoxy groups -OCH3 is 1. The maximum Gasteiger partial charge on any atom is 0.406 e. The lowest BCUT2D eigenvalue weighted by Crippen LogP contribution is -2.43. The number of benzene rings is 1. The van der Waals surface area contributed by atoms with E-state index in [0.717, 1.165) is 44.3 Å². The molecule has 10 heteroatoms. The average molecular weight is 444 g/mol. The van der Waals surface area contributed by atoms with Crippen molar-refractivity contribution in [1.82, 2.24) is 20.4 Å². The van der Waals surface area contributed by atoms with Gasteiger partial charge in [0.2, 0.25) is 5.91 Å². The summed E-state index contributed by atoms with van der Waals surface area (Å²) in [4.78, 5) is 19.2. The fourth-order valence-corrected chi connectivity index (χ4v) is 3.52. The fraction of sp³-hybridized carbons (Fsp3) is 0.619. The van der Waals surface area contributed by atoms with Gasteiger partial charge in [0.15, 0.2) is 5.96 Å². The van der Waals surface area contributed by atoms with Gasteiger partial charge in [0, 0.05) is 20.1 Å². The summed E-state index contributed by atoms with van der Waals surface area (Å²) in [6.45, 7) is 3.29. The Morgan fingerprint density at radius 2 is 2.00 bits per heavy atom. The first kappa shape index (κ1) is 24.8. The zero-order valence-electron chi connectivity index (χ0n) is 18.3. The number of likely N-dealkylation sites (tertiary alicyclic amines) is 1. The second-order valence-electron chi connectivity index (χ2n) is 7.48. The van der Waals surface area contributed by atoms with Crippen molar-refractivity contribution < 1.29 is 22.7 Å². The number of amides is 1. The third-order valence-electron chi connectivity index (χ3n) is 5.08. The molecule has 174 valence electrons. The highest BCUT2D eigenvalue weighted by molar-refractivity contribution is 5.84. The number of rotatable bonds is 9. The number of alkyl halides is 3. The molecule has 2 rings (SSSR count). The number of hydrogen-bond acceptors (Lipinski definition) is 4. The molecule has 31 heavy (non-hydrogen) atoms. The minimum absolute atomic E-state index is 0.0741. The second-order valence-corrected chi connectivity index (χ2v) is 7.48. The van der Waals surface area contributed by atoms with Gasteiger partial charge < -0.3 is 20.3 Å². The molecule has 7 nitrogen and oxygen atoms in total. The smallest absolute Gasteiger partial charge is 0.406 e. The van der Waals surface area contributed by atoms with E-state index in [0.29, 0.717) is 23.9 Å². The summed E-state index contributed by atoms with van der Waals surface area (Å²) in [5, 5.41) is 6.29. The maximum absolute atomic E-state index is 12.5. The molecule has 1 amide bonds. The van der Waals surface area contributed by atoms with Crippen molar-refractivity contribution in [3.8, 4) is 5.75 Å². The summed E-state index contributed by atoms with van der Waals surface area (Å²) >= 11 is 0. The quantitative estimate of drug-likeness (QED) is 0.453. The number of guanidine groups is 1. The molecule has 1 fully saturated rings. The van der Waals surface area contributed by atoms with Crippen molar-refractivity contribution in [1.29, 1.82) is 0 Å². The molecular weight excluding hydrogens is 411 g/mol. The molecule has 0 aromatic heterocycles. The van der Waals surface area contributed by atoms with Crippen LogP contribution in [0.1, 0.15) is 31.4 Å². The molecule has 1 aliphatic heterocycles. The van der Waals surface area contributed by atoms with Crippen molar-refractivity contribution in [2.75, 3.05) is 53.4 Å². The van der Waals surface area contributed by atoms with Crippen molar-refractivity contribution in [3.63, 3.8) is 0 Å². The van der Waals surface area contributed by atoms with E-state index in [9.17, 15) is 18.0 Å². The molecule has 1 heterocycles. The van der Waals surface area contributed by atoms with Gasteiger partial charge in [-0.2, -0.15) is 13.2 Å². The van der Waals surface area contributed by atoms with Crippen LogP contribution in [-0.4, -0.2) is 81.3 Å². The molecule has 0 spiro atoms. The number of carbonyl (C=O) groups is 1. The molecule has 0 radical (unpaired) electrons. The topological polar surface area (TPSA) is 69.2 Å². The van der Waals surface area contributed by atoms with E-state index in [1.165, 1.54) is 0 Å². The predicted molar refractivity (Wildman–Crippen MR) is 114 cm³/mol. The first-order valence-corrected chi connectivity index (χ1v) is 10.4. The van der Waals surface area contributed by atoms with Crippen molar-refractivity contribution in [3.05, 3.63) is 29.8 Å². The van der Waals surface area contributed by atoms with Crippen LogP contribution < -0.4 is 15.4 Å². The highest BCUT2D eigenvalue weighted by Gasteiger charge is 2.31. The first-order valence-electron chi connectivity index (χ1n) is 10.4. The Labute approximate surface area is 181 Å². The molecule has 1 saturated heterocycles. The number of nitrogens with one attached hydrogen (secondary N) is 2. The van der Waals surface area contributed by atoms with E-state index in [2.05, 4.69) is 20.5 Å². The first-order chi connectivity index (χ1) is 14.7. The summed E-state index contributed by atoms with van der Waals surface area (Å²) in [6.07, 6.45) is -2.17. The zero-order valence-corrected chi connectivity index (χ0v) is 18.3. The molecule has 1 aliphatic rings. The van der Waals surface area contributed by atoms with Crippen LogP contribution in [0, 0.1) is 0 Å². The summed E-state index contributed by atoms with van der Waals surface area (Å²) in [5.74, 6) is 0.474. The van der Waals surface area contributed by atoms with E-state index in [1.54, 1.807) is 7.11 Å². The van der Waals surface area contributed by atoms with Gasteiger partial charge in [-0.1, -0.05) is 12.1 Å². The van der Waals surface area contributed by atoms with Crippen LogP contribution in [0.5, 0.6) is 5.75 Å². The summed E-state index contributed by atoms with van der Waals surface area (Å²) in [7, 11) is 2.75. The van der Waals surface area contributed by atoms with Gasteiger partial charge in [-0.05, 0) is 50.6 Å². The van der Waals surface area contributed by atoms with Crippen LogP contribution in [-0.2, 0) is 4.79 Å². The molecule has 2 N–H and O–H groups in total.